The van der Waals surface area contributed by atoms with Crippen molar-refractivity contribution >= 4 is 6.08 Å². The van der Waals surface area contributed by atoms with E-state index >= 15 is 0 Å². The monoisotopic (exact) mass is 249 g/mol. The number of rotatable bonds is 4. The minimum absolute atomic E-state index is 0.139. The SMILES string of the molecule is C=Cc1ccc(COC2OC(C)CCC2O)cn1. The molecule has 2 rings (SSSR count). The van der Waals surface area contributed by atoms with Gasteiger partial charge in [0, 0.05) is 6.20 Å². The third-order valence-corrected chi connectivity index (χ3v) is 3.02. The highest BCUT2D eigenvalue weighted by atomic mass is 16.7. The molecule has 1 aromatic rings. The second-order valence-electron chi connectivity index (χ2n) is 4.57. The van der Waals surface area contributed by atoms with E-state index < -0.39 is 12.4 Å². The van der Waals surface area contributed by atoms with Crippen LogP contribution in [0.15, 0.2) is 24.9 Å². The van der Waals surface area contributed by atoms with Crippen molar-refractivity contribution in [2.75, 3.05) is 0 Å². The number of aliphatic hydroxyl groups excluding tert-OH is 1. The molecule has 1 aliphatic rings. The fraction of sp³-hybridized carbons (Fsp3) is 0.500. The lowest BCUT2D eigenvalue weighted by atomic mass is 10.1. The molecule has 1 N–H and O–H groups in total. The molecule has 3 atom stereocenters. The summed E-state index contributed by atoms with van der Waals surface area (Å²) >= 11 is 0. The molecule has 3 unspecified atom stereocenters. The molecule has 0 aliphatic carbocycles. The number of nitrogens with zero attached hydrogens (tertiary/aromatic N) is 1. The van der Waals surface area contributed by atoms with Crippen LogP contribution < -0.4 is 0 Å². The van der Waals surface area contributed by atoms with Gasteiger partial charge in [0.15, 0.2) is 6.29 Å². The van der Waals surface area contributed by atoms with E-state index in [4.69, 9.17) is 9.47 Å². The Hall–Kier alpha value is -1.23. The van der Waals surface area contributed by atoms with Gasteiger partial charge in [0.25, 0.3) is 0 Å². The quantitative estimate of drug-likeness (QED) is 0.888. The minimum atomic E-state index is -0.540. The van der Waals surface area contributed by atoms with Gasteiger partial charge in [0.05, 0.1) is 18.4 Å². The lowest BCUT2D eigenvalue weighted by molar-refractivity contribution is -0.241. The molecule has 2 heterocycles. The van der Waals surface area contributed by atoms with E-state index in [1.165, 1.54) is 0 Å². The average Bonchev–Trinajstić information content (AvgIpc) is 2.40. The maximum absolute atomic E-state index is 9.77. The molecule has 1 fully saturated rings. The van der Waals surface area contributed by atoms with Crippen LogP contribution in [0.4, 0.5) is 0 Å². The summed E-state index contributed by atoms with van der Waals surface area (Å²) in [4.78, 5) is 4.19. The fourth-order valence-electron chi connectivity index (χ4n) is 1.90. The second kappa shape index (κ2) is 6.09. The second-order valence-corrected chi connectivity index (χ2v) is 4.57. The topological polar surface area (TPSA) is 51.6 Å². The molecule has 0 spiro atoms. The molecule has 4 nitrogen and oxygen atoms in total. The van der Waals surface area contributed by atoms with Gasteiger partial charge in [-0.1, -0.05) is 12.6 Å². The summed E-state index contributed by atoms with van der Waals surface area (Å²) in [7, 11) is 0. The molecule has 1 saturated heterocycles. The van der Waals surface area contributed by atoms with Gasteiger partial charge in [-0.15, -0.1) is 0 Å². The summed E-state index contributed by atoms with van der Waals surface area (Å²) < 4.78 is 11.1. The summed E-state index contributed by atoms with van der Waals surface area (Å²) in [5.41, 5.74) is 1.79. The van der Waals surface area contributed by atoms with Crippen molar-refractivity contribution in [3.05, 3.63) is 36.2 Å². The molecule has 18 heavy (non-hydrogen) atoms. The van der Waals surface area contributed by atoms with Crippen LogP contribution >= 0.6 is 0 Å². The summed E-state index contributed by atoms with van der Waals surface area (Å²) in [6, 6.07) is 3.81. The van der Waals surface area contributed by atoms with Gasteiger partial charge in [0.1, 0.15) is 6.10 Å². The molecule has 0 bridgehead atoms. The first-order valence-electron chi connectivity index (χ1n) is 6.21. The van der Waals surface area contributed by atoms with Crippen molar-refractivity contribution in [1.29, 1.82) is 0 Å². The van der Waals surface area contributed by atoms with Crippen molar-refractivity contribution in [1.82, 2.24) is 4.98 Å². The summed E-state index contributed by atoms with van der Waals surface area (Å²) in [5, 5.41) is 9.77. The molecular weight excluding hydrogens is 230 g/mol. The minimum Gasteiger partial charge on any atom is -0.388 e. The lowest BCUT2D eigenvalue weighted by Gasteiger charge is -2.31. The maximum atomic E-state index is 9.77. The normalized spacial score (nSPS) is 28.0. The zero-order valence-electron chi connectivity index (χ0n) is 10.6. The number of ether oxygens (including phenoxy) is 2. The van der Waals surface area contributed by atoms with Crippen LogP contribution in [0.1, 0.15) is 31.0 Å². The predicted molar refractivity (Wildman–Crippen MR) is 68.7 cm³/mol. The van der Waals surface area contributed by atoms with E-state index in [-0.39, 0.29) is 6.10 Å². The van der Waals surface area contributed by atoms with Crippen LogP contribution in [0.3, 0.4) is 0 Å². The van der Waals surface area contributed by atoms with Gasteiger partial charge in [-0.05, 0) is 37.5 Å². The molecule has 1 aromatic heterocycles. The van der Waals surface area contributed by atoms with E-state index in [0.29, 0.717) is 6.61 Å². The van der Waals surface area contributed by atoms with Crippen molar-refractivity contribution in [2.45, 2.75) is 44.9 Å². The molecule has 0 amide bonds. The van der Waals surface area contributed by atoms with Crippen molar-refractivity contribution in [3.8, 4) is 0 Å². The Morgan fingerprint density at radius 1 is 1.56 bits per heavy atom. The first-order chi connectivity index (χ1) is 8.69. The van der Waals surface area contributed by atoms with Crippen LogP contribution in [-0.2, 0) is 16.1 Å². The highest BCUT2D eigenvalue weighted by Gasteiger charge is 2.28. The average molecular weight is 249 g/mol. The third-order valence-electron chi connectivity index (χ3n) is 3.02. The number of pyridine rings is 1. The Labute approximate surface area is 107 Å². The Kier molecular flexibility index (Phi) is 4.47. The van der Waals surface area contributed by atoms with Crippen molar-refractivity contribution < 1.29 is 14.6 Å². The van der Waals surface area contributed by atoms with E-state index in [1.54, 1.807) is 12.3 Å². The number of aromatic nitrogens is 1. The van der Waals surface area contributed by atoms with Crippen LogP contribution in [0.5, 0.6) is 0 Å². The Balaban J connectivity index is 1.87. The fourth-order valence-corrected chi connectivity index (χ4v) is 1.90. The van der Waals surface area contributed by atoms with E-state index in [9.17, 15) is 5.11 Å². The van der Waals surface area contributed by atoms with Crippen LogP contribution in [0.25, 0.3) is 6.08 Å². The van der Waals surface area contributed by atoms with Crippen molar-refractivity contribution in [2.24, 2.45) is 0 Å². The van der Waals surface area contributed by atoms with Gasteiger partial charge in [-0.25, -0.2) is 0 Å². The molecule has 0 saturated carbocycles. The Morgan fingerprint density at radius 3 is 3.06 bits per heavy atom. The van der Waals surface area contributed by atoms with Gasteiger partial charge in [-0.3, -0.25) is 4.98 Å². The molecule has 4 heteroatoms. The Morgan fingerprint density at radius 2 is 2.39 bits per heavy atom. The van der Waals surface area contributed by atoms with Gasteiger partial charge in [0.2, 0.25) is 0 Å². The van der Waals surface area contributed by atoms with Crippen LogP contribution in [0, 0.1) is 0 Å². The molecule has 0 radical (unpaired) electrons. The number of hydrogen-bond donors (Lipinski definition) is 1. The van der Waals surface area contributed by atoms with E-state index in [0.717, 1.165) is 24.1 Å². The predicted octanol–water partition coefficient (Wildman–Crippen LogP) is 2.13. The maximum Gasteiger partial charge on any atom is 0.184 e. The zero-order valence-corrected chi connectivity index (χ0v) is 10.6. The van der Waals surface area contributed by atoms with Gasteiger partial charge < -0.3 is 14.6 Å². The van der Waals surface area contributed by atoms with Crippen LogP contribution in [-0.4, -0.2) is 28.6 Å². The first kappa shape index (κ1) is 13.2. The smallest absolute Gasteiger partial charge is 0.184 e. The molecule has 1 aliphatic heterocycles. The largest absolute Gasteiger partial charge is 0.388 e. The first-order valence-corrected chi connectivity index (χ1v) is 6.21. The molecule has 98 valence electrons. The van der Waals surface area contributed by atoms with Crippen LogP contribution in [0.2, 0.25) is 0 Å². The number of hydrogen-bond acceptors (Lipinski definition) is 4. The summed E-state index contributed by atoms with van der Waals surface area (Å²) in [6.45, 7) is 6.03. The molecular formula is C14H19NO3. The third kappa shape index (κ3) is 3.38. The standard InChI is InChI=1S/C14H19NO3/c1-3-12-6-5-11(8-15-12)9-17-14-13(16)7-4-10(2)18-14/h3,5-6,8,10,13-14,16H,1,4,7,9H2,2H3. The highest BCUT2D eigenvalue weighted by molar-refractivity contribution is 5.41. The van der Waals surface area contributed by atoms with Gasteiger partial charge in [-0.2, -0.15) is 0 Å². The van der Waals surface area contributed by atoms with Crippen molar-refractivity contribution in [3.63, 3.8) is 0 Å². The lowest BCUT2D eigenvalue weighted by Crippen LogP contribution is -2.39. The summed E-state index contributed by atoms with van der Waals surface area (Å²) in [5.74, 6) is 0. The zero-order chi connectivity index (χ0) is 13.0. The number of aliphatic hydroxyl groups is 1. The van der Waals surface area contributed by atoms with Gasteiger partial charge >= 0.3 is 0 Å². The van der Waals surface area contributed by atoms with E-state index in [2.05, 4.69) is 11.6 Å². The van der Waals surface area contributed by atoms with E-state index in [1.807, 2.05) is 19.1 Å². The highest BCUT2D eigenvalue weighted by Crippen LogP contribution is 2.21. The Bertz CT molecular complexity index is 391. The molecule has 0 aromatic carbocycles. The summed E-state index contributed by atoms with van der Waals surface area (Å²) in [6.07, 6.45) is 4.10.